The van der Waals surface area contributed by atoms with Gasteiger partial charge >= 0.3 is 0 Å². The zero-order valence-electron chi connectivity index (χ0n) is 16.5. The molecule has 0 saturated carbocycles. The Bertz CT molecular complexity index is 881. The smallest absolute Gasteiger partial charge is 0.227 e. The normalized spacial score (nSPS) is 16.3. The van der Waals surface area contributed by atoms with Crippen LogP contribution in [-0.4, -0.2) is 57.3 Å². The highest BCUT2D eigenvalue weighted by atomic mass is 35.5. The van der Waals surface area contributed by atoms with Gasteiger partial charge in [-0.3, -0.25) is 4.79 Å². The molecule has 2 heterocycles. The molecule has 1 fully saturated rings. The first-order valence-electron chi connectivity index (χ1n) is 9.89. The van der Waals surface area contributed by atoms with Crippen molar-refractivity contribution in [2.75, 3.05) is 51.4 Å². The molecule has 1 saturated heterocycles. The van der Waals surface area contributed by atoms with Gasteiger partial charge in [-0.25, -0.2) is 0 Å². The van der Waals surface area contributed by atoms with E-state index in [1.54, 1.807) is 13.2 Å². The average molecular weight is 417 g/mol. The molecule has 0 unspecified atom stereocenters. The summed E-state index contributed by atoms with van der Waals surface area (Å²) >= 11 is 6.35. The molecule has 0 radical (unpaired) electrons. The van der Waals surface area contributed by atoms with E-state index in [0.29, 0.717) is 49.2 Å². The number of fused-ring (bicyclic) bond motifs is 1. The maximum atomic E-state index is 12.8. The third kappa shape index (κ3) is 4.53. The Kier molecular flexibility index (Phi) is 6.00. The van der Waals surface area contributed by atoms with Crippen molar-refractivity contribution in [2.45, 2.75) is 12.8 Å². The van der Waals surface area contributed by atoms with Crippen LogP contribution in [0.25, 0.3) is 0 Å². The maximum absolute atomic E-state index is 12.8. The van der Waals surface area contributed by atoms with Crippen LogP contribution in [-0.2, 0) is 11.2 Å². The third-order valence-corrected chi connectivity index (χ3v) is 5.55. The van der Waals surface area contributed by atoms with E-state index in [4.69, 9.17) is 25.8 Å². The molecule has 2 aliphatic heterocycles. The number of anilines is 1. The zero-order valence-corrected chi connectivity index (χ0v) is 17.3. The van der Waals surface area contributed by atoms with Crippen LogP contribution in [0.2, 0.25) is 5.02 Å². The van der Waals surface area contributed by atoms with Crippen LogP contribution in [0.3, 0.4) is 0 Å². The summed E-state index contributed by atoms with van der Waals surface area (Å²) in [5.41, 5.74) is 1.96. The standard InChI is InChI=1S/C22H25ClN2O4/c1-27-18-5-2-4-17(15-18)24-6-8-25(9-7-24)21(26)14-16-12-19(23)22-20(13-16)28-10-3-11-29-22/h2,4-5,12-13,15H,3,6-11,14H2,1H3. The summed E-state index contributed by atoms with van der Waals surface area (Å²) in [4.78, 5) is 17.0. The van der Waals surface area contributed by atoms with Crippen LogP contribution in [0, 0.1) is 0 Å². The summed E-state index contributed by atoms with van der Waals surface area (Å²) in [6.45, 7) is 4.14. The quantitative estimate of drug-likeness (QED) is 0.764. The molecule has 0 aliphatic carbocycles. The second-order valence-electron chi connectivity index (χ2n) is 7.20. The number of piperazine rings is 1. The van der Waals surface area contributed by atoms with E-state index in [2.05, 4.69) is 11.0 Å². The number of rotatable bonds is 4. The van der Waals surface area contributed by atoms with E-state index >= 15 is 0 Å². The Hall–Kier alpha value is -2.60. The predicted octanol–water partition coefficient (Wildman–Crippen LogP) is 3.40. The molecule has 0 bridgehead atoms. The van der Waals surface area contributed by atoms with Crippen molar-refractivity contribution < 1.29 is 19.0 Å². The van der Waals surface area contributed by atoms with Crippen LogP contribution >= 0.6 is 11.6 Å². The fraction of sp³-hybridized carbons (Fsp3) is 0.409. The number of amides is 1. The van der Waals surface area contributed by atoms with Gasteiger partial charge in [0.25, 0.3) is 0 Å². The highest BCUT2D eigenvalue weighted by Crippen LogP contribution is 2.38. The van der Waals surface area contributed by atoms with E-state index in [1.807, 2.05) is 29.2 Å². The van der Waals surface area contributed by atoms with Crippen molar-refractivity contribution in [3.05, 3.63) is 47.0 Å². The molecule has 1 amide bonds. The molecular weight excluding hydrogens is 392 g/mol. The largest absolute Gasteiger partial charge is 0.497 e. The summed E-state index contributed by atoms with van der Waals surface area (Å²) in [5.74, 6) is 2.14. The minimum atomic E-state index is 0.0980. The Labute approximate surface area is 175 Å². The van der Waals surface area contributed by atoms with Crippen LogP contribution in [0.4, 0.5) is 5.69 Å². The Balaban J connectivity index is 1.38. The number of halogens is 1. The first-order valence-corrected chi connectivity index (χ1v) is 10.3. The van der Waals surface area contributed by atoms with E-state index in [9.17, 15) is 4.79 Å². The molecule has 0 N–H and O–H groups in total. The first-order chi connectivity index (χ1) is 14.1. The molecule has 6 nitrogen and oxygen atoms in total. The van der Waals surface area contributed by atoms with Crippen LogP contribution in [0.15, 0.2) is 36.4 Å². The lowest BCUT2D eigenvalue weighted by atomic mass is 10.1. The zero-order chi connectivity index (χ0) is 20.2. The predicted molar refractivity (Wildman–Crippen MR) is 113 cm³/mol. The number of benzene rings is 2. The van der Waals surface area contributed by atoms with Gasteiger partial charge in [0.15, 0.2) is 11.5 Å². The number of nitrogens with zero attached hydrogens (tertiary/aromatic N) is 2. The lowest BCUT2D eigenvalue weighted by Gasteiger charge is -2.36. The molecule has 2 aliphatic rings. The second-order valence-corrected chi connectivity index (χ2v) is 7.61. The van der Waals surface area contributed by atoms with Crippen LogP contribution in [0.1, 0.15) is 12.0 Å². The fourth-order valence-electron chi connectivity index (χ4n) is 3.69. The number of methoxy groups -OCH3 is 1. The Morgan fingerprint density at radius 3 is 2.69 bits per heavy atom. The average Bonchev–Trinajstić information content (AvgIpc) is 3.00. The van der Waals surface area contributed by atoms with Crippen molar-refractivity contribution in [3.63, 3.8) is 0 Å². The van der Waals surface area contributed by atoms with Gasteiger partial charge in [0.2, 0.25) is 5.91 Å². The van der Waals surface area contributed by atoms with Gasteiger partial charge in [0, 0.05) is 44.4 Å². The highest BCUT2D eigenvalue weighted by Gasteiger charge is 2.23. The number of ether oxygens (including phenoxy) is 3. The van der Waals surface area contributed by atoms with E-state index in [1.165, 1.54) is 0 Å². The SMILES string of the molecule is COc1cccc(N2CCN(C(=O)Cc3cc(Cl)c4c(c3)OCCCO4)CC2)c1. The topological polar surface area (TPSA) is 51.2 Å². The summed E-state index contributed by atoms with van der Waals surface area (Å²) in [6, 6.07) is 11.7. The minimum Gasteiger partial charge on any atom is -0.497 e. The molecule has 154 valence electrons. The third-order valence-electron chi connectivity index (χ3n) is 5.27. The molecule has 29 heavy (non-hydrogen) atoms. The molecule has 0 spiro atoms. The fourth-order valence-corrected chi connectivity index (χ4v) is 3.98. The van der Waals surface area contributed by atoms with Crippen molar-refractivity contribution in [3.8, 4) is 17.2 Å². The van der Waals surface area contributed by atoms with Gasteiger partial charge in [0.1, 0.15) is 5.75 Å². The van der Waals surface area contributed by atoms with Gasteiger partial charge in [-0.15, -0.1) is 0 Å². The van der Waals surface area contributed by atoms with E-state index in [-0.39, 0.29) is 5.91 Å². The molecule has 2 aromatic carbocycles. The summed E-state index contributed by atoms with van der Waals surface area (Å²) in [6.07, 6.45) is 1.12. The van der Waals surface area contributed by atoms with Gasteiger partial charge < -0.3 is 24.0 Å². The minimum absolute atomic E-state index is 0.0980. The summed E-state index contributed by atoms with van der Waals surface area (Å²) < 4.78 is 16.7. The highest BCUT2D eigenvalue weighted by molar-refractivity contribution is 6.32. The van der Waals surface area contributed by atoms with Crippen molar-refractivity contribution >= 4 is 23.2 Å². The van der Waals surface area contributed by atoms with Crippen LogP contribution < -0.4 is 19.1 Å². The van der Waals surface area contributed by atoms with Gasteiger partial charge in [-0.05, 0) is 29.8 Å². The molecule has 2 aromatic rings. The lowest BCUT2D eigenvalue weighted by Crippen LogP contribution is -2.49. The molecule has 7 heteroatoms. The first kappa shape index (κ1) is 19.7. The van der Waals surface area contributed by atoms with Crippen molar-refractivity contribution in [1.29, 1.82) is 0 Å². The Morgan fingerprint density at radius 1 is 1.10 bits per heavy atom. The van der Waals surface area contributed by atoms with Gasteiger partial charge in [-0.2, -0.15) is 0 Å². The molecule has 4 rings (SSSR count). The number of hydrogen-bond acceptors (Lipinski definition) is 5. The summed E-state index contributed by atoms with van der Waals surface area (Å²) in [7, 11) is 1.67. The molecular formula is C22H25ClN2O4. The second kappa shape index (κ2) is 8.82. The molecule has 0 atom stereocenters. The number of carbonyl (C=O) groups is 1. The molecule has 0 aromatic heterocycles. The van der Waals surface area contributed by atoms with Crippen molar-refractivity contribution in [1.82, 2.24) is 4.90 Å². The number of carbonyl (C=O) groups excluding carboxylic acids is 1. The Morgan fingerprint density at radius 2 is 1.90 bits per heavy atom. The number of hydrogen-bond donors (Lipinski definition) is 0. The lowest BCUT2D eigenvalue weighted by molar-refractivity contribution is -0.130. The van der Waals surface area contributed by atoms with E-state index < -0.39 is 0 Å². The van der Waals surface area contributed by atoms with Gasteiger partial charge in [0.05, 0.1) is 31.8 Å². The van der Waals surface area contributed by atoms with Crippen molar-refractivity contribution in [2.24, 2.45) is 0 Å². The van der Waals surface area contributed by atoms with Gasteiger partial charge in [-0.1, -0.05) is 17.7 Å². The van der Waals surface area contributed by atoms with Crippen LogP contribution in [0.5, 0.6) is 17.2 Å². The maximum Gasteiger partial charge on any atom is 0.227 e. The summed E-state index contributed by atoms with van der Waals surface area (Å²) in [5, 5.41) is 0.495. The monoisotopic (exact) mass is 416 g/mol. The van der Waals surface area contributed by atoms with E-state index in [0.717, 1.165) is 36.5 Å².